The summed E-state index contributed by atoms with van der Waals surface area (Å²) in [5.74, 6) is -2.70. The Morgan fingerprint density at radius 2 is 1.84 bits per heavy atom. The number of hydrogen-bond acceptors (Lipinski definition) is 5. The van der Waals surface area contributed by atoms with E-state index < -0.39 is 41.5 Å². The van der Waals surface area contributed by atoms with Crippen LogP contribution in [0.3, 0.4) is 0 Å². The first-order valence-corrected chi connectivity index (χ1v) is 13.2. The van der Waals surface area contributed by atoms with Gasteiger partial charge in [-0.1, -0.05) is 62.2 Å². The number of aliphatic hydroxyl groups excluding tert-OH is 1. The van der Waals surface area contributed by atoms with E-state index in [0.717, 1.165) is 0 Å². The van der Waals surface area contributed by atoms with E-state index in [2.05, 4.69) is 10.6 Å². The second-order valence-electron chi connectivity index (χ2n) is 10.3. The van der Waals surface area contributed by atoms with Crippen molar-refractivity contribution in [3.63, 3.8) is 0 Å². The summed E-state index contributed by atoms with van der Waals surface area (Å²) < 4.78 is 6.47. The second kappa shape index (κ2) is 10.1. The van der Waals surface area contributed by atoms with Crippen molar-refractivity contribution in [2.24, 2.45) is 17.8 Å². The standard InChI is InChI=1S/C28H32ClN3O5/c1-3-16(2)20(15-33)32-24(26(35)31-19-12-8-7-11-18(19)29)28-14-13-21(37-28)22(23(28)27(32)36)25(34)30-17-9-5-4-6-10-17/h4-12,16,20-24,33H,3,13-15H2,1-2H3,(H,30,34)(H,31,35)/t16-,20-,21-,22+,23-,24?,28?/m0/s1. The molecule has 0 radical (unpaired) electrons. The van der Waals surface area contributed by atoms with Gasteiger partial charge in [0.05, 0.1) is 41.3 Å². The zero-order valence-electron chi connectivity index (χ0n) is 20.9. The van der Waals surface area contributed by atoms with Gasteiger partial charge < -0.3 is 25.4 Å². The van der Waals surface area contributed by atoms with Crippen molar-refractivity contribution in [2.75, 3.05) is 17.2 Å². The number of nitrogens with one attached hydrogen (secondary N) is 2. The molecular weight excluding hydrogens is 494 g/mol. The number of aliphatic hydroxyl groups is 1. The normalized spacial score (nSPS) is 29.6. The second-order valence-corrected chi connectivity index (χ2v) is 10.7. The van der Waals surface area contributed by atoms with Gasteiger partial charge >= 0.3 is 0 Å². The lowest BCUT2D eigenvalue weighted by atomic mass is 9.70. The summed E-state index contributed by atoms with van der Waals surface area (Å²) in [5, 5.41) is 16.6. The summed E-state index contributed by atoms with van der Waals surface area (Å²) in [5.41, 5.74) is -0.101. The molecule has 8 nitrogen and oxygen atoms in total. The zero-order chi connectivity index (χ0) is 26.3. The van der Waals surface area contributed by atoms with Crippen LogP contribution in [0, 0.1) is 17.8 Å². The van der Waals surface area contributed by atoms with E-state index in [0.29, 0.717) is 35.7 Å². The van der Waals surface area contributed by atoms with Crippen LogP contribution in [0.15, 0.2) is 54.6 Å². The van der Waals surface area contributed by atoms with Crippen LogP contribution >= 0.6 is 11.6 Å². The van der Waals surface area contributed by atoms with Gasteiger partial charge in [0.25, 0.3) is 0 Å². The molecule has 5 rings (SSSR count). The average Bonchev–Trinajstić information content (AvgIpc) is 3.54. The van der Waals surface area contributed by atoms with Crippen LogP contribution < -0.4 is 10.6 Å². The van der Waals surface area contributed by atoms with Crippen molar-refractivity contribution in [3.8, 4) is 0 Å². The number of anilines is 2. The van der Waals surface area contributed by atoms with E-state index in [1.165, 1.54) is 4.90 Å². The maximum Gasteiger partial charge on any atom is 0.250 e. The predicted octanol–water partition coefficient (Wildman–Crippen LogP) is 3.70. The number of benzene rings is 2. The number of rotatable bonds is 8. The highest BCUT2D eigenvalue weighted by atomic mass is 35.5. The van der Waals surface area contributed by atoms with Crippen molar-refractivity contribution in [3.05, 3.63) is 59.6 Å². The summed E-state index contributed by atoms with van der Waals surface area (Å²) in [6.07, 6.45) is 1.27. The van der Waals surface area contributed by atoms with Crippen LogP contribution in [0.5, 0.6) is 0 Å². The Morgan fingerprint density at radius 1 is 1.14 bits per heavy atom. The fraction of sp³-hybridized carbons (Fsp3) is 0.464. The van der Waals surface area contributed by atoms with E-state index in [9.17, 15) is 19.5 Å². The maximum atomic E-state index is 14.1. The summed E-state index contributed by atoms with van der Waals surface area (Å²) in [4.78, 5) is 43.1. The van der Waals surface area contributed by atoms with Crippen molar-refractivity contribution in [2.45, 2.75) is 56.9 Å². The summed E-state index contributed by atoms with van der Waals surface area (Å²) in [6.45, 7) is 3.62. The molecule has 196 valence electrons. The molecule has 1 spiro atoms. The first-order valence-electron chi connectivity index (χ1n) is 12.8. The van der Waals surface area contributed by atoms with Crippen LogP contribution in [0.4, 0.5) is 11.4 Å². The third kappa shape index (κ3) is 4.21. The van der Waals surface area contributed by atoms with Crippen molar-refractivity contribution < 1.29 is 24.2 Å². The molecule has 3 heterocycles. The molecule has 2 unspecified atom stereocenters. The Balaban J connectivity index is 1.53. The maximum absolute atomic E-state index is 14.1. The number of hydrogen-bond donors (Lipinski definition) is 3. The third-order valence-electron chi connectivity index (χ3n) is 8.31. The number of fused-ring (bicyclic) bond motifs is 1. The van der Waals surface area contributed by atoms with E-state index in [-0.39, 0.29) is 24.3 Å². The minimum atomic E-state index is -1.16. The Labute approximate surface area is 221 Å². The molecule has 0 aromatic heterocycles. The van der Waals surface area contributed by atoms with Crippen LogP contribution in [0.2, 0.25) is 5.02 Å². The molecule has 3 N–H and O–H groups in total. The SMILES string of the molecule is CC[C@H](C)[C@H](CO)N1C(=O)[C@@H]2[C@H](C(=O)Nc3ccccc3)[C@@H]3CCC2(O3)C1C(=O)Nc1ccccc1Cl. The minimum Gasteiger partial charge on any atom is -0.394 e. The van der Waals surface area contributed by atoms with Crippen LogP contribution in [0.25, 0.3) is 0 Å². The van der Waals surface area contributed by atoms with Gasteiger partial charge in [0.2, 0.25) is 17.7 Å². The topological polar surface area (TPSA) is 108 Å². The van der Waals surface area contributed by atoms with Crippen molar-refractivity contribution >= 4 is 40.7 Å². The molecule has 2 aromatic rings. The quantitative estimate of drug-likeness (QED) is 0.487. The predicted molar refractivity (Wildman–Crippen MR) is 140 cm³/mol. The monoisotopic (exact) mass is 525 g/mol. The molecule has 2 aromatic carbocycles. The van der Waals surface area contributed by atoms with Gasteiger partial charge in [0.15, 0.2) is 0 Å². The first kappa shape index (κ1) is 25.7. The average molecular weight is 526 g/mol. The third-order valence-corrected chi connectivity index (χ3v) is 8.64. The Morgan fingerprint density at radius 3 is 2.51 bits per heavy atom. The van der Waals surface area contributed by atoms with E-state index in [1.54, 1.807) is 36.4 Å². The Bertz CT molecular complexity index is 1190. The van der Waals surface area contributed by atoms with E-state index >= 15 is 0 Å². The molecule has 37 heavy (non-hydrogen) atoms. The van der Waals surface area contributed by atoms with Gasteiger partial charge in [0, 0.05) is 5.69 Å². The number of para-hydroxylation sites is 2. The molecule has 3 aliphatic rings. The molecule has 3 aliphatic heterocycles. The lowest BCUT2D eigenvalue weighted by molar-refractivity contribution is -0.144. The van der Waals surface area contributed by atoms with Gasteiger partial charge in [-0.2, -0.15) is 0 Å². The van der Waals surface area contributed by atoms with E-state index in [1.807, 2.05) is 32.0 Å². The van der Waals surface area contributed by atoms with Gasteiger partial charge in [-0.05, 0) is 43.0 Å². The number of carbonyl (C=O) groups excluding carboxylic acids is 3. The zero-order valence-corrected chi connectivity index (χ0v) is 21.6. The molecule has 3 fully saturated rings. The molecule has 0 aliphatic carbocycles. The fourth-order valence-electron chi connectivity index (χ4n) is 6.37. The fourth-order valence-corrected chi connectivity index (χ4v) is 6.56. The van der Waals surface area contributed by atoms with Crippen molar-refractivity contribution in [1.29, 1.82) is 0 Å². The summed E-state index contributed by atoms with van der Waals surface area (Å²) in [6, 6.07) is 14.4. The number of nitrogens with zero attached hydrogens (tertiary/aromatic N) is 1. The van der Waals surface area contributed by atoms with Gasteiger partial charge in [-0.3, -0.25) is 14.4 Å². The molecule has 7 atom stereocenters. The number of ether oxygens (including phenoxy) is 1. The molecule has 0 saturated carbocycles. The summed E-state index contributed by atoms with van der Waals surface area (Å²) in [7, 11) is 0. The highest BCUT2D eigenvalue weighted by Gasteiger charge is 2.75. The minimum absolute atomic E-state index is 0.0754. The van der Waals surface area contributed by atoms with Gasteiger partial charge in [-0.25, -0.2) is 0 Å². The number of likely N-dealkylation sites (tertiary alicyclic amines) is 1. The smallest absolute Gasteiger partial charge is 0.250 e. The molecule has 9 heteroatoms. The molecule has 3 amide bonds. The molecule has 3 saturated heterocycles. The van der Waals surface area contributed by atoms with Gasteiger partial charge in [-0.15, -0.1) is 0 Å². The molecular formula is C28H32ClN3O5. The number of halogens is 1. The first-order chi connectivity index (χ1) is 17.8. The van der Waals surface area contributed by atoms with Crippen LogP contribution in [0.1, 0.15) is 33.1 Å². The van der Waals surface area contributed by atoms with Crippen LogP contribution in [-0.2, 0) is 19.1 Å². The summed E-state index contributed by atoms with van der Waals surface area (Å²) >= 11 is 6.31. The van der Waals surface area contributed by atoms with E-state index in [4.69, 9.17) is 16.3 Å². The lowest BCUT2D eigenvalue weighted by Gasteiger charge is -2.38. The lowest BCUT2D eigenvalue weighted by Crippen LogP contribution is -2.57. The van der Waals surface area contributed by atoms with Crippen molar-refractivity contribution in [1.82, 2.24) is 4.90 Å². The largest absolute Gasteiger partial charge is 0.394 e. The molecule has 2 bridgehead atoms. The van der Waals surface area contributed by atoms with Crippen LogP contribution in [-0.4, -0.2) is 58.1 Å². The number of carbonyl (C=O) groups is 3. The highest BCUT2D eigenvalue weighted by molar-refractivity contribution is 6.33. The highest BCUT2D eigenvalue weighted by Crippen LogP contribution is 2.59. The Kier molecular flexibility index (Phi) is 7.00. The number of amides is 3. The van der Waals surface area contributed by atoms with Gasteiger partial charge in [0.1, 0.15) is 11.6 Å². The Hall–Kier alpha value is -2.94.